The molecular formula is C5H11BClO12P3. The Morgan fingerprint density at radius 1 is 1.14 bits per heavy atom. The van der Waals surface area contributed by atoms with E-state index in [1.165, 1.54) is 6.92 Å². The molecule has 0 bridgehead atoms. The van der Waals surface area contributed by atoms with Crippen molar-refractivity contribution in [2.75, 3.05) is 0 Å². The van der Waals surface area contributed by atoms with Gasteiger partial charge in [-0.15, -0.1) is 11.6 Å². The van der Waals surface area contributed by atoms with Gasteiger partial charge in [-0.2, -0.15) is 8.62 Å². The predicted molar refractivity (Wildman–Crippen MR) is 69.6 cm³/mol. The number of hydrogen-bond donors (Lipinski definition) is 5. The quantitative estimate of drug-likeness (QED) is 0.219. The topological polar surface area (TPSA) is 189 Å². The second kappa shape index (κ2) is 6.53. The van der Waals surface area contributed by atoms with Gasteiger partial charge in [-0.05, 0) is 6.92 Å². The largest absolute Gasteiger partial charge is 0.490 e. The first-order valence-corrected chi connectivity index (χ1v) is 10.1. The van der Waals surface area contributed by atoms with E-state index in [1.54, 1.807) is 0 Å². The zero-order valence-corrected chi connectivity index (χ0v) is 14.1. The van der Waals surface area contributed by atoms with Crippen molar-refractivity contribution < 1.29 is 56.3 Å². The van der Waals surface area contributed by atoms with Gasteiger partial charge in [-0.25, -0.2) is 13.7 Å². The number of hydrogen-bond acceptors (Lipinski definition) is 8. The van der Waals surface area contributed by atoms with E-state index in [0.29, 0.717) is 0 Å². The Kier molecular flexibility index (Phi) is 6.16. The Balaban J connectivity index is 2.79. The van der Waals surface area contributed by atoms with Crippen molar-refractivity contribution in [3.8, 4) is 0 Å². The van der Waals surface area contributed by atoms with Crippen LogP contribution in [0.4, 0.5) is 0 Å². The summed E-state index contributed by atoms with van der Waals surface area (Å²) in [5.41, 5.74) is 0. The third-order valence-electron chi connectivity index (χ3n) is 2.33. The van der Waals surface area contributed by atoms with E-state index in [2.05, 4.69) is 13.1 Å². The summed E-state index contributed by atoms with van der Waals surface area (Å²) in [6.07, 6.45) is -3.64. The van der Waals surface area contributed by atoms with E-state index in [0.717, 1.165) is 0 Å². The molecule has 3 unspecified atom stereocenters. The number of phosphoric acid groups is 3. The van der Waals surface area contributed by atoms with E-state index in [-0.39, 0.29) is 0 Å². The van der Waals surface area contributed by atoms with Gasteiger partial charge in [0.2, 0.25) is 0 Å². The second-order valence-corrected chi connectivity index (χ2v) is 9.40. The van der Waals surface area contributed by atoms with Crippen molar-refractivity contribution in [3.63, 3.8) is 0 Å². The molecule has 0 spiro atoms. The Morgan fingerprint density at radius 2 is 1.64 bits per heavy atom. The van der Waals surface area contributed by atoms with Gasteiger partial charge >= 0.3 is 23.5 Å². The fourth-order valence-electron chi connectivity index (χ4n) is 1.30. The Labute approximate surface area is 130 Å². The van der Waals surface area contributed by atoms with E-state index in [4.69, 9.17) is 38.9 Å². The molecule has 0 aliphatic carbocycles. The molecule has 12 nitrogen and oxygen atoms in total. The number of ether oxygens (including phenoxy) is 1. The molecule has 0 saturated carbocycles. The molecular weight excluding hydrogens is 391 g/mol. The molecule has 1 saturated heterocycles. The molecule has 5 N–H and O–H groups in total. The first kappa shape index (κ1) is 20.7. The van der Waals surface area contributed by atoms with E-state index >= 15 is 0 Å². The van der Waals surface area contributed by atoms with Crippen molar-refractivity contribution in [1.29, 1.82) is 0 Å². The van der Waals surface area contributed by atoms with Gasteiger partial charge in [-0.1, -0.05) is 0 Å². The Hall–Kier alpha value is 0.685. The Bertz CT molecular complexity index is 561. The summed E-state index contributed by atoms with van der Waals surface area (Å²) in [5.74, 6) is 0. The molecule has 0 aromatic carbocycles. The molecule has 0 amide bonds. The lowest BCUT2D eigenvalue weighted by molar-refractivity contribution is -0.107. The highest BCUT2D eigenvalue weighted by molar-refractivity contribution is 7.66. The Morgan fingerprint density at radius 3 is 2.00 bits per heavy atom. The molecule has 1 fully saturated rings. The first-order chi connectivity index (χ1) is 9.56. The lowest BCUT2D eigenvalue weighted by atomic mass is 9.86. The molecule has 6 atom stereocenters. The standard InChI is InChI=1S/C5H11BClO12P3/c1-5(7)2(8)3(16-4(5)6)17-21(12,13)19-22(14,15)18-20(9,10)11/h2-4,8H,1H3,(H,12,13)(H,14,15)(H2,9,10,11)/t2-,3?,4-,5-/m1/s1. The van der Waals surface area contributed by atoms with Crippen molar-refractivity contribution in [2.24, 2.45) is 0 Å². The minimum absolute atomic E-state index is 1.23. The summed E-state index contributed by atoms with van der Waals surface area (Å²) >= 11 is 5.79. The van der Waals surface area contributed by atoms with Crippen LogP contribution < -0.4 is 0 Å². The summed E-state index contributed by atoms with van der Waals surface area (Å²) in [7, 11) is -11.2. The SMILES string of the molecule is [B][C@@H]1OC(OP(=O)(O)OP(=O)(O)OP(=O)(O)O)[C@@H](O)[C@@]1(C)Cl. The summed E-state index contributed by atoms with van der Waals surface area (Å²) in [6.45, 7) is 1.23. The second-order valence-electron chi connectivity index (χ2n) is 4.22. The average Bonchev–Trinajstić information content (AvgIpc) is 2.36. The van der Waals surface area contributed by atoms with Crippen LogP contribution in [0.3, 0.4) is 0 Å². The predicted octanol–water partition coefficient (Wildman–Crippen LogP) is -0.461. The van der Waals surface area contributed by atoms with Crippen LogP contribution in [-0.2, 0) is 31.6 Å². The molecule has 1 aliphatic rings. The lowest BCUT2D eigenvalue weighted by Crippen LogP contribution is -2.40. The van der Waals surface area contributed by atoms with Crippen LogP contribution in [-0.4, -0.2) is 55.8 Å². The molecule has 128 valence electrons. The van der Waals surface area contributed by atoms with Crippen LogP contribution in [0.5, 0.6) is 0 Å². The summed E-state index contributed by atoms with van der Waals surface area (Å²) < 4.78 is 49.0. The highest BCUT2D eigenvalue weighted by Crippen LogP contribution is 2.67. The summed E-state index contributed by atoms with van der Waals surface area (Å²) in [6, 6.07) is -1.32. The number of rotatable bonds is 6. The number of alkyl halides is 1. The highest BCUT2D eigenvalue weighted by Gasteiger charge is 2.53. The zero-order valence-electron chi connectivity index (χ0n) is 10.6. The smallest absolute Gasteiger partial charge is 0.386 e. The normalized spacial score (nSPS) is 38.4. The molecule has 0 aromatic rings. The third-order valence-corrected chi connectivity index (χ3v) is 6.57. The first-order valence-electron chi connectivity index (χ1n) is 5.16. The van der Waals surface area contributed by atoms with Gasteiger partial charge in [0.25, 0.3) is 0 Å². The monoisotopic (exact) mass is 402 g/mol. The number of halogens is 1. The molecule has 17 heteroatoms. The van der Waals surface area contributed by atoms with Gasteiger partial charge in [0.15, 0.2) is 6.29 Å². The maximum Gasteiger partial charge on any atom is 0.490 e. The van der Waals surface area contributed by atoms with Gasteiger partial charge < -0.3 is 29.4 Å². The molecule has 1 aliphatic heterocycles. The zero-order chi connectivity index (χ0) is 17.6. The van der Waals surface area contributed by atoms with Gasteiger partial charge in [-0.3, -0.25) is 4.52 Å². The molecule has 1 heterocycles. The minimum Gasteiger partial charge on any atom is -0.386 e. The average molecular weight is 402 g/mol. The van der Waals surface area contributed by atoms with Crippen LogP contribution in [0.25, 0.3) is 0 Å². The number of aliphatic hydroxyl groups excluding tert-OH is 1. The van der Waals surface area contributed by atoms with Crippen LogP contribution in [0.2, 0.25) is 0 Å². The van der Waals surface area contributed by atoms with Crippen LogP contribution >= 0.6 is 35.1 Å². The van der Waals surface area contributed by atoms with Gasteiger partial charge in [0.05, 0.1) is 4.87 Å². The summed E-state index contributed by atoms with van der Waals surface area (Å²) in [4.78, 5) is 33.3. The maximum atomic E-state index is 11.5. The van der Waals surface area contributed by atoms with Crippen molar-refractivity contribution in [3.05, 3.63) is 0 Å². The fourth-order valence-corrected chi connectivity index (χ4v) is 4.54. The van der Waals surface area contributed by atoms with E-state index in [9.17, 15) is 23.7 Å². The fraction of sp³-hybridized carbons (Fsp3) is 1.00. The van der Waals surface area contributed by atoms with Crippen LogP contribution in [0, 0.1) is 0 Å². The molecule has 22 heavy (non-hydrogen) atoms. The van der Waals surface area contributed by atoms with E-state index < -0.39 is 46.7 Å². The van der Waals surface area contributed by atoms with Crippen molar-refractivity contribution in [1.82, 2.24) is 0 Å². The molecule has 0 aromatic heterocycles. The minimum atomic E-state index is -5.66. The van der Waals surface area contributed by atoms with Gasteiger partial charge in [0, 0.05) is 6.00 Å². The van der Waals surface area contributed by atoms with Crippen LogP contribution in [0.15, 0.2) is 0 Å². The number of phosphoric ester groups is 1. The van der Waals surface area contributed by atoms with Crippen molar-refractivity contribution in [2.45, 2.75) is 30.2 Å². The third kappa shape index (κ3) is 5.64. The van der Waals surface area contributed by atoms with Crippen molar-refractivity contribution >= 4 is 42.9 Å². The van der Waals surface area contributed by atoms with Gasteiger partial charge in [0.1, 0.15) is 14.0 Å². The highest BCUT2D eigenvalue weighted by atomic mass is 35.5. The lowest BCUT2D eigenvalue weighted by Gasteiger charge is -2.23. The van der Waals surface area contributed by atoms with Crippen LogP contribution in [0.1, 0.15) is 6.92 Å². The molecule has 1 rings (SSSR count). The number of aliphatic hydroxyl groups is 1. The van der Waals surface area contributed by atoms with E-state index in [1.807, 2.05) is 0 Å². The summed E-state index contributed by atoms with van der Waals surface area (Å²) in [5, 5.41) is 9.70. The molecule has 2 radical (unpaired) electrons. The maximum absolute atomic E-state index is 11.5.